The summed E-state index contributed by atoms with van der Waals surface area (Å²) in [6, 6.07) is 12.6. The third-order valence-corrected chi connectivity index (χ3v) is 7.32. The van der Waals surface area contributed by atoms with E-state index in [1.807, 2.05) is 35.2 Å². The highest BCUT2D eigenvalue weighted by Crippen LogP contribution is 2.48. The number of rotatable bonds is 4. The van der Waals surface area contributed by atoms with E-state index in [0.717, 1.165) is 29.3 Å². The average molecular weight is 450 g/mol. The zero-order valence-corrected chi connectivity index (χ0v) is 18.2. The fraction of sp³-hybridized carbons (Fsp3) is 0.385. The van der Waals surface area contributed by atoms with E-state index in [-0.39, 0.29) is 18.6 Å². The molecule has 0 radical (unpaired) electrons. The van der Waals surface area contributed by atoms with E-state index >= 15 is 0 Å². The van der Waals surface area contributed by atoms with Crippen LogP contribution in [0.25, 0.3) is 10.8 Å². The third-order valence-electron chi connectivity index (χ3n) is 7.32. The predicted molar refractivity (Wildman–Crippen MR) is 119 cm³/mol. The number of nitrogens with zero attached hydrogens (tertiary/aromatic N) is 2. The Balaban J connectivity index is 1.37. The molecular formula is C26H25F2N3O2. The summed E-state index contributed by atoms with van der Waals surface area (Å²) >= 11 is 0. The van der Waals surface area contributed by atoms with Crippen LogP contribution in [0.5, 0.6) is 0 Å². The number of hydrogen-bond acceptors (Lipinski definition) is 4. The molecule has 3 heterocycles. The van der Waals surface area contributed by atoms with Gasteiger partial charge in [0.2, 0.25) is 5.91 Å². The number of hydrogen-bond donors (Lipinski definition) is 1. The molecular weight excluding hydrogens is 424 g/mol. The molecule has 170 valence electrons. The minimum absolute atomic E-state index is 0.0167. The minimum Gasteiger partial charge on any atom is -0.365 e. The van der Waals surface area contributed by atoms with Gasteiger partial charge in [-0.05, 0) is 60.5 Å². The van der Waals surface area contributed by atoms with E-state index in [9.17, 15) is 13.6 Å². The first kappa shape index (κ1) is 20.7. The van der Waals surface area contributed by atoms with Gasteiger partial charge in [-0.15, -0.1) is 0 Å². The van der Waals surface area contributed by atoms with Gasteiger partial charge in [0.1, 0.15) is 5.60 Å². The lowest BCUT2D eigenvalue weighted by molar-refractivity contribution is -0.157. The monoisotopic (exact) mass is 449 g/mol. The maximum absolute atomic E-state index is 14.2. The Morgan fingerprint density at radius 3 is 2.85 bits per heavy atom. The van der Waals surface area contributed by atoms with E-state index < -0.39 is 23.2 Å². The van der Waals surface area contributed by atoms with Gasteiger partial charge < -0.3 is 15.0 Å². The van der Waals surface area contributed by atoms with Gasteiger partial charge in [-0.1, -0.05) is 24.3 Å². The van der Waals surface area contributed by atoms with Gasteiger partial charge in [0, 0.05) is 24.2 Å². The first-order valence-corrected chi connectivity index (χ1v) is 11.5. The van der Waals surface area contributed by atoms with Crippen molar-refractivity contribution in [2.24, 2.45) is 5.92 Å². The van der Waals surface area contributed by atoms with Crippen molar-refractivity contribution in [3.63, 3.8) is 0 Å². The summed E-state index contributed by atoms with van der Waals surface area (Å²) in [4.78, 5) is 20.6. The van der Waals surface area contributed by atoms with Crippen LogP contribution in [-0.4, -0.2) is 34.9 Å². The lowest BCUT2D eigenvalue weighted by Crippen LogP contribution is -2.55. The average Bonchev–Trinajstić information content (AvgIpc) is 3.63. The first-order valence-electron chi connectivity index (χ1n) is 11.5. The molecule has 3 aliphatic rings. The lowest BCUT2D eigenvalue weighted by atomic mass is 9.75. The fourth-order valence-electron chi connectivity index (χ4n) is 5.47. The van der Waals surface area contributed by atoms with Crippen LogP contribution in [0.1, 0.15) is 36.1 Å². The Morgan fingerprint density at radius 2 is 2.00 bits per heavy atom. The number of ether oxygens (including phenoxy) is 1. The Hall–Kier alpha value is -2.90. The van der Waals surface area contributed by atoms with Gasteiger partial charge in [-0.3, -0.25) is 9.78 Å². The number of aromatic nitrogens is 1. The van der Waals surface area contributed by atoms with Crippen molar-refractivity contribution in [1.29, 1.82) is 0 Å². The predicted octanol–water partition coefficient (Wildman–Crippen LogP) is 4.04. The van der Waals surface area contributed by atoms with Crippen LogP contribution in [0, 0.1) is 17.6 Å². The summed E-state index contributed by atoms with van der Waals surface area (Å²) in [5.74, 6) is -2.32. The van der Waals surface area contributed by atoms with Gasteiger partial charge in [-0.25, -0.2) is 8.78 Å². The normalized spacial score (nSPS) is 24.2. The van der Waals surface area contributed by atoms with E-state index in [1.165, 1.54) is 12.1 Å². The molecule has 33 heavy (non-hydrogen) atoms. The van der Waals surface area contributed by atoms with Crippen LogP contribution in [0.3, 0.4) is 0 Å². The Kier molecular flexibility index (Phi) is 4.92. The van der Waals surface area contributed by atoms with Crippen molar-refractivity contribution in [2.45, 2.75) is 44.1 Å². The number of halogens is 2. The van der Waals surface area contributed by atoms with Gasteiger partial charge in [0.05, 0.1) is 24.8 Å². The van der Waals surface area contributed by atoms with Gasteiger partial charge in [0.25, 0.3) is 0 Å². The van der Waals surface area contributed by atoms with Crippen LogP contribution in [0.15, 0.2) is 48.7 Å². The lowest BCUT2D eigenvalue weighted by Gasteiger charge is -2.42. The molecule has 2 fully saturated rings. The molecule has 1 aliphatic carbocycles. The Bertz CT molecular complexity index is 1240. The number of carbonyl (C=O) groups is 1. The van der Waals surface area contributed by atoms with Crippen LogP contribution in [-0.2, 0) is 28.3 Å². The minimum atomic E-state index is -0.939. The molecule has 1 saturated carbocycles. The molecule has 1 spiro atoms. The van der Waals surface area contributed by atoms with Gasteiger partial charge >= 0.3 is 0 Å². The SMILES string of the molecule is O=C(C1CNCCC12OCc1cc(F)c(F)cc12)N(Cc1nccc2ccccc12)C1CC1. The van der Waals surface area contributed by atoms with Crippen LogP contribution in [0.4, 0.5) is 8.78 Å². The van der Waals surface area contributed by atoms with E-state index in [1.54, 1.807) is 6.20 Å². The van der Waals surface area contributed by atoms with Crippen molar-refractivity contribution in [3.05, 3.63) is 77.1 Å². The summed E-state index contributed by atoms with van der Waals surface area (Å²) in [5.41, 5.74) is 1.17. The summed E-state index contributed by atoms with van der Waals surface area (Å²) in [5, 5.41) is 5.45. The maximum Gasteiger partial charge on any atom is 0.230 e. The summed E-state index contributed by atoms with van der Waals surface area (Å²) in [6.07, 6.45) is 4.24. The molecule has 5 nitrogen and oxygen atoms in total. The third kappa shape index (κ3) is 3.42. The molecule has 2 aliphatic heterocycles. The molecule has 1 aromatic heterocycles. The number of piperidine rings is 1. The van der Waals surface area contributed by atoms with Crippen molar-refractivity contribution >= 4 is 16.7 Å². The second-order valence-corrected chi connectivity index (χ2v) is 9.28. The molecule has 1 amide bonds. The van der Waals surface area contributed by atoms with E-state index in [0.29, 0.717) is 37.2 Å². The topological polar surface area (TPSA) is 54.5 Å². The Labute approximate surface area is 190 Å². The molecule has 7 heteroatoms. The Morgan fingerprint density at radius 1 is 1.18 bits per heavy atom. The number of fused-ring (bicyclic) bond motifs is 3. The van der Waals surface area contributed by atoms with Crippen LogP contribution in [0.2, 0.25) is 0 Å². The highest BCUT2D eigenvalue weighted by Gasteiger charge is 2.53. The molecule has 0 bridgehead atoms. The van der Waals surface area contributed by atoms with Gasteiger partial charge in [0.15, 0.2) is 11.6 Å². The van der Waals surface area contributed by atoms with Crippen molar-refractivity contribution < 1.29 is 18.3 Å². The number of nitrogens with one attached hydrogen (secondary N) is 1. The van der Waals surface area contributed by atoms with Crippen molar-refractivity contribution in [2.75, 3.05) is 13.1 Å². The van der Waals surface area contributed by atoms with Crippen LogP contribution < -0.4 is 5.32 Å². The highest BCUT2D eigenvalue weighted by atomic mass is 19.2. The maximum atomic E-state index is 14.2. The smallest absolute Gasteiger partial charge is 0.230 e. The fourth-order valence-corrected chi connectivity index (χ4v) is 5.47. The molecule has 1 N–H and O–H groups in total. The zero-order valence-electron chi connectivity index (χ0n) is 18.2. The highest BCUT2D eigenvalue weighted by molar-refractivity contribution is 5.86. The largest absolute Gasteiger partial charge is 0.365 e. The summed E-state index contributed by atoms with van der Waals surface area (Å²) in [7, 11) is 0. The van der Waals surface area contributed by atoms with Gasteiger partial charge in [-0.2, -0.15) is 0 Å². The van der Waals surface area contributed by atoms with E-state index in [2.05, 4.69) is 10.3 Å². The second kappa shape index (κ2) is 7.85. The molecule has 2 unspecified atom stereocenters. The number of benzene rings is 2. The number of carbonyl (C=O) groups excluding carboxylic acids is 1. The van der Waals surface area contributed by atoms with Crippen LogP contribution >= 0.6 is 0 Å². The quantitative estimate of drug-likeness (QED) is 0.653. The molecule has 3 aromatic rings. The standard InChI is InChI=1S/C26H25F2N3O2/c27-22-11-17-15-33-26(20(17)12-23(22)28)8-10-29-13-21(26)25(32)31(18-5-6-18)14-24-19-4-2-1-3-16(19)7-9-30-24/h1-4,7,9,11-12,18,21,29H,5-6,8,10,13-15H2. The van der Waals surface area contributed by atoms with Crippen molar-refractivity contribution in [3.8, 4) is 0 Å². The summed E-state index contributed by atoms with van der Waals surface area (Å²) < 4.78 is 34.3. The number of amides is 1. The summed E-state index contributed by atoms with van der Waals surface area (Å²) in [6.45, 7) is 1.69. The van der Waals surface area contributed by atoms with Crippen molar-refractivity contribution in [1.82, 2.24) is 15.2 Å². The molecule has 1 saturated heterocycles. The molecule has 2 atom stereocenters. The van der Waals surface area contributed by atoms with E-state index in [4.69, 9.17) is 4.74 Å². The number of pyridine rings is 1. The molecule has 2 aromatic carbocycles. The molecule has 6 rings (SSSR count). The first-order chi connectivity index (χ1) is 16.1. The zero-order chi connectivity index (χ0) is 22.6. The second-order valence-electron chi connectivity index (χ2n) is 9.28.